The Bertz CT molecular complexity index is 1050. The van der Waals surface area contributed by atoms with Gasteiger partial charge in [-0.15, -0.1) is 0 Å². The molecule has 1 heterocycles. The number of ether oxygens (including phenoxy) is 1. The number of fused-ring (bicyclic) bond motifs is 1. The predicted octanol–water partition coefficient (Wildman–Crippen LogP) is 1.54. The molecule has 0 saturated carbocycles. The van der Waals surface area contributed by atoms with Crippen LogP contribution < -0.4 is 15.4 Å². The summed E-state index contributed by atoms with van der Waals surface area (Å²) in [5, 5.41) is 14.5. The molecule has 0 radical (unpaired) electrons. The number of hydrogen-bond acceptors (Lipinski definition) is 5. The first kappa shape index (κ1) is 20.7. The summed E-state index contributed by atoms with van der Waals surface area (Å²) in [6, 6.07) is 8.78. The van der Waals surface area contributed by atoms with Crippen LogP contribution in [0, 0.1) is 18.8 Å². The number of benzene rings is 2. The third-order valence-electron chi connectivity index (χ3n) is 4.63. The number of amides is 4. The molecule has 0 aliphatic carbocycles. The van der Waals surface area contributed by atoms with Crippen molar-refractivity contribution in [2.45, 2.75) is 19.5 Å². The SMILES string of the molecule is COc1ccc2c(c1)C(=O)N(C[C@@H](C#Cc1cc(C)ccc1O)NC(=O)NC=O)C2. The summed E-state index contributed by atoms with van der Waals surface area (Å²) in [5.74, 6) is 6.11. The zero-order chi connectivity index (χ0) is 21.7. The zero-order valence-electron chi connectivity index (χ0n) is 16.6. The average molecular weight is 407 g/mol. The normalized spacial score (nSPS) is 13.0. The van der Waals surface area contributed by atoms with Gasteiger partial charge in [-0.3, -0.25) is 14.9 Å². The molecule has 3 N–H and O–H groups in total. The second-order valence-corrected chi connectivity index (χ2v) is 6.79. The summed E-state index contributed by atoms with van der Waals surface area (Å²) in [4.78, 5) is 36.7. The molecule has 8 heteroatoms. The fourth-order valence-corrected chi connectivity index (χ4v) is 3.13. The molecule has 0 spiro atoms. The van der Waals surface area contributed by atoms with Crippen molar-refractivity contribution >= 4 is 18.3 Å². The lowest BCUT2D eigenvalue weighted by Gasteiger charge is -2.21. The van der Waals surface area contributed by atoms with E-state index >= 15 is 0 Å². The first-order chi connectivity index (χ1) is 14.4. The van der Waals surface area contributed by atoms with Gasteiger partial charge in [-0.1, -0.05) is 24.0 Å². The summed E-state index contributed by atoms with van der Waals surface area (Å²) in [5.41, 5.74) is 2.70. The van der Waals surface area contributed by atoms with Gasteiger partial charge in [0.05, 0.1) is 19.2 Å². The van der Waals surface area contributed by atoms with Gasteiger partial charge >= 0.3 is 6.03 Å². The van der Waals surface area contributed by atoms with Crippen LogP contribution in [0.3, 0.4) is 0 Å². The van der Waals surface area contributed by atoms with Crippen LogP contribution in [0.5, 0.6) is 11.5 Å². The Kier molecular flexibility index (Phi) is 6.23. The Hall–Kier alpha value is -3.99. The van der Waals surface area contributed by atoms with Crippen molar-refractivity contribution in [3.8, 4) is 23.3 Å². The Morgan fingerprint density at radius 2 is 2.13 bits per heavy atom. The number of methoxy groups -OCH3 is 1. The van der Waals surface area contributed by atoms with Crippen molar-refractivity contribution in [1.82, 2.24) is 15.5 Å². The van der Waals surface area contributed by atoms with Gasteiger partial charge < -0.3 is 20.1 Å². The van der Waals surface area contributed by atoms with Crippen LogP contribution in [0.15, 0.2) is 36.4 Å². The Morgan fingerprint density at radius 3 is 2.87 bits per heavy atom. The van der Waals surface area contributed by atoms with E-state index in [0.717, 1.165) is 11.1 Å². The van der Waals surface area contributed by atoms with Crippen LogP contribution in [0.4, 0.5) is 4.79 Å². The quantitative estimate of drug-likeness (QED) is 0.515. The minimum Gasteiger partial charge on any atom is -0.507 e. The van der Waals surface area contributed by atoms with Crippen LogP contribution in [-0.2, 0) is 11.3 Å². The van der Waals surface area contributed by atoms with Crippen LogP contribution in [0.25, 0.3) is 0 Å². The maximum Gasteiger partial charge on any atom is 0.322 e. The van der Waals surface area contributed by atoms with Gasteiger partial charge in [0.15, 0.2) is 0 Å². The van der Waals surface area contributed by atoms with Gasteiger partial charge in [0.2, 0.25) is 6.41 Å². The van der Waals surface area contributed by atoms with E-state index in [-0.39, 0.29) is 24.6 Å². The maximum atomic E-state index is 12.8. The molecule has 154 valence electrons. The van der Waals surface area contributed by atoms with E-state index in [4.69, 9.17) is 4.74 Å². The molecule has 2 aromatic carbocycles. The Balaban J connectivity index is 1.82. The number of imide groups is 1. The molecule has 8 nitrogen and oxygen atoms in total. The van der Waals surface area contributed by atoms with Gasteiger partial charge in [0.25, 0.3) is 5.91 Å². The highest BCUT2D eigenvalue weighted by Crippen LogP contribution is 2.26. The third-order valence-corrected chi connectivity index (χ3v) is 4.63. The van der Waals surface area contributed by atoms with E-state index in [1.165, 1.54) is 13.2 Å². The van der Waals surface area contributed by atoms with Crippen LogP contribution in [0.1, 0.15) is 27.0 Å². The molecule has 30 heavy (non-hydrogen) atoms. The number of carbonyl (C=O) groups is 3. The summed E-state index contributed by atoms with van der Waals surface area (Å²) in [7, 11) is 1.53. The predicted molar refractivity (Wildman–Crippen MR) is 109 cm³/mol. The van der Waals surface area contributed by atoms with Gasteiger partial charge in [-0.25, -0.2) is 4.79 Å². The number of rotatable bonds is 5. The summed E-state index contributed by atoms with van der Waals surface area (Å²) in [6.45, 7) is 2.33. The van der Waals surface area contributed by atoms with E-state index < -0.39 is 12.1 Å². The molecule has 1 aliphatic rings. The third kappa shape index (κ3) is 4.70. The Labute approximate surface area is 173 Å². The fourth-order valence-electron chi connectivity index (χ4n) is 3.13. The number of hydrogen-bond donors (Lipinski definition) is 3. The molecule has 3 rings (SSSR count). The lowest BCUT2D eigenvalue weighted by Crippen LogP contribution is -2.46. The van der Waals surface area contributed by atoms with Crippen molar-refractivity contribution < 1.29 is 24.2 Å². The number of phenols is 1. The molecule has 1 aliphatic heterocycles. The number of aromatic hydroxyl groups is 1. The van der Waals surface area contributed by atoms with Crippen LogP contribution >= 0.6 is 0 Å². The fraction of sp³-hybridized carbons (Fsp3) is 0.227. The lowest BCUT2D eigenvalue weighted by molar-refractivity contribution is -0.108. The first-order valence-corrected chi connectivity index (χ1v) is 9.19. The van der Waals surface area contributed by atoms with Crippen molar-refractivity contribution in [3.63, 3.8) is 0 Å². The number of aryl methyl sites for hydroxylation is 1. The molecule has 1 atom stereocenters. The smallest absolute Gasteiger partial charge is 0.322 e. The summed E-state index contributed by atoms with van der Waals surface area (Å²) < 4.78 is 5.18. The number of carbonyl (C=O) groups excluding carboxylic acids is 3. The topological polar surface area (TPSA) is 108 Å². The molecule has 2 aromatic rings. The molecule has 0 fully saturated rings. The van der Waals surface area contributed by atoms with Crippen molar-refractivity contribution in [2.24, 2.45) is 0 Å². The maximum absolute atomic E-state index is 12.8. The zero-order valence-corrected chi connectivity index (χ0v) is 16.6. The lowest BCUT2D eigenvalue weighted by atomic mass is 10.1. The standard InChI is InChI=1S/C22H21N3O5/c1-14-3-8-20(27)15(9-14)4-6-17(24-22(29)23-13-26)12-25-11-16-5-7-18(30-2)10-19(16)21(25)28/h3,5,7-10,13,17,27H,11-12H2,1-2H3,(H2,23,24,26,29)/t17-/m1/s1. The van der Waals surface area contributed by atoms with E-state index in [1.54, 1.807) is 29.2 Å². The van der Waals surface area contributed by atoms with Crippen molar-refractivity contribution in [3.05, 3.63) is 58.7 Å². The minimum absolute atomic E-state index is 0.0148. The molecule has 0 saturated heterocycles. The Morgan fingerprint density at radius 1 is 1.33 bits per heavy atom. The van der Waals surface area contributed by atoms with E-state index in [1.807, 2.05) is 18.3 Å². The number of urea groups is 1. The minimum atomic E-state index is -0.773. The second-order valence-electron chi connectivity index (χ2n) is 6.79. The van der Waals surface area contributed by atoms with Gasteiger partial charge in [-0.2, -0.15) is 0 Å². The second kappa shape index (κ2) is 9.01. The highest BCUT2D eigenvalue weighted by atomic mass is 16.5. The molecular formula is C22H21N3O5. The highest BCUT2D eigenvalue weighted by molar-refractivity contribution is 5.98. The number of nitrogens with zero attached hydrogens (tertiary/aromatic N) is 1. The van der Waals surface area contributed by atoms with E-state index in [0.29, 0.717) is 23.4 Å². The van der Waals surface area contributed by atoms with E-state index in [2.05, 4.69) is 17.2 Å². The molecule has 0 unspecified atom stereocenters. The highest BCUT2D eigenvalue weighted by Gasteiger charge is 2.29. The van der Waals surface area contributed by atoms with Gasteiger partial charge in [0.1, 0.15) is 17.5 Å². The number of nitrogens with one attached hydrogen (secondary N) is 2. The average Bonchev–Trinajstić information content (AvgIpc) is 3.03. The van der Waals surface area contributed by atoms with Crippen LogP contribution in [-0.4, -0.2) is 48.1 Å². The first-order valence-electron chi connectivity index (χ1n) is 9.19. The van der Waals surface area contributed by atoms with Crippen LogP contribution in [0.2, 0.25) is 0 Å². The van der Waals surface area contributed by atoms with Gasteiger partial charge in [-0.05, 0) is 42.3 Å². The monoisotopic (exact) mass is 407 g/mol. The molecule has 4 amide bonds. The van der Waals surface area contributed by atoms with Gasteiger partial charge in [0, 0.05) is 12.1 Å². The van der Waals surface area contributed by atoms with Crippen molar-refractivity contribution in [2.75, 3.05) is 13.7 Å². The summed E-state index contributed by atoms with van der Waals surface area (Å²) in [6.07, 6.45) is 0.259. The molecule has 0 aromatic heterocycles. The largest absolute Gasteiger partial charge is 0.507 e. The number of phenolic OH excluding ortho intramolecular Hbond substituents is 1. The van der Waals surface area contributed by atoms with E-state index in [9.17, 15) is 19.5 Å². The summed E-state index contributed by atoms with van der Waals surface area (Å²) >= 11 is 0. The molecular weight excluding hydrogens is 386 g/mol. The molecule has 0 bridgehead atoms. The van der Waals surface area contributed by atoms with Crippen molar-refractivity contribution in [1.29, 1.82) is 0 Å².